The predicted octanol–water partition coefficient (Wildman–Crippen LogP) is 2.42. The second-order valence-corrected chi connectivity index (χ2v) is 2.75. The summed E-state index contributed by atoms with van der Waals surface area (Å²) >= 11 is 1.25. The maximum absolute atomic E-state index is 12.9. The van der Waals surface area contributed by atoms with Crippen LogP contribution >= 0.6 is 11.8 Å². The summed E-state index contributed by atoms with van der Waals surface area (Å²) in [5.41, 5.74) is 0.400. The van der Waals surface area contributed by atoms with Crippen molar-refractivity contribution in [2.24, 2.45) is 0 Å². The minimum absolute atomic E-state index is 0.323. The lowest BCUT2D eigenvalue weighted by atomic mass is 10.2. The molecular formula is C8H6FNS. The van der Waals surface area contributed by atoms with Crippen LogP contribution in [0.15, 0.2) is 23.1 Å². The number of thioether (sulfide) groups is 1. The predicted molar refractivity (Wildman–Crippen MR) is 42.9 cm³/mol. The highest BCUT2D eigenvalue weighted by Crippen LogP contribution is 2.22. The number of rotatable bonds is 1. The summed E-state index contributed by atoms with van der Waals surface area (Å²) in [6.07, 6.45) is 1.75. The molecule has 0 N–H and O–H groups in total. The highest BCUT2D eigenvalue weighted by atomic mass is 32.2. The lowest BCUT2D eigenvalue weighted by molar-refractivity contribution is 0.601. The van der Waals surface area contributed by atoms with Crippen molar-refractivity contribution in [1.82, 2.24) is 0 Å². The monoisotopic (exact) mass is 167 g/mol. The van der Waals surface area contributed by atoms with Crippen LogP contribution < -0.4 is 0 Å². The molecule has 0 saturated heterocycles. The van der Waals surface area contributed by atoms with Gasteiger partial charge in [-0.05, 0) is 18.4 Å². The topological polar surface area (TPSA) is 23.8 Å². The third-order valence-corrected chi connectivity index (χ3v) is 2.11. The lowest BCUT2D eigenvalue weighted by Gasteiger charge is -1.99. The highest BCUT2D eigenvalue weighted by molar-refractivity contribution is 7.98. The molecule has 0 radical (unpaired) electrons. The number of hydrogen-bond acceptors (Lipinski definition) is 2. The van der Waals surface area contributed by atoms with E-state index in [1.54, 1.807) is 12.3 Å². The minimum Gasteiger partial charge on any atom is -0.206 e. The largest absolute Gasteiger partial charge is 0.206 e. The molecule has 11 heavy (non-hydrogen) atoms. The van der Waals surface area contributed by atoms with Crippen LogP contribution in [0, 0.1) is 17.1 Å². The zero-order valence-electron chi connectivity index (χ0n) is 5.97. The van der Waals surface area contributed by atoms with E-state index < -0.39 is 0 Å². The van der Waals surface area contributed by atoms with Crippen LogP contribution in [0.3, 0.4) is 0 Å². The van der Waals surface area contributed by atoms with Crippen LogP contribution in [0.5, 0.6) is 0 Å². The van der Waals surface area contributed by atoms with E-state index in [2.05, 4.69) is 0 Å². The van der Waals surface area contributed by atoms with Crippen LogP contribution in [0.4, 0.5) is 4.39 Å². The van der Waals surface area contributed by atoms with E-state index in [0.717, 1.165) is 0 Å². The van der Waals surface area contributed by atoms with Crippen molar-refractivity contribution in [3.63, 3.8) is 0 Å². The first-order chi connectivity index (χ1) is 5.29. The van der Waals surface area contributed by atoms with Crippen LogP contribution in [0.1, 0.15) is 5.56 Å². The number of nitrogens with zero attached hydrogens (tertiary/aromatic N) is 1. The zero-order chi connectivity index (χ0) is 8.27. The van der Waals surface area contributed by atoms with Gasteiger partial charge in [0.25, 0.3) is 0 Å². The summed E-state index contributed by atoms with van der Waals surface area (Å²) in [5, 5.41) is 8.54. The van der Waals surface area contributed by atoms with Gasteiger partial charge in [-0.2, -0.15) is 5.26 Å². The fourth-order valence-electron chi connectivity index (χ4n) is 0.804. The Morgan fingerprint density at radius 1 is 1.55 bits per heavy atom. The van der Waals surface area contributed by atoms with Crippen molar-refractivity contribution >= 4 is 11.8 Å². The Morgan fingerprint density at radius 3 is 2.73 bits per heavy atom. The van der Waals surface area contributed by atoms with Crippen molar-refractivity contribution in [2.45, 2.75) is 4.90 Å². The van der Waals surface area contributed by atoms with E-state index in [1.165, 1.54) is 23.9 Å². The van der Waals surface area contributed by atoms with Gasteiger partial charge in [-0.1, -0.05) is 6.07 Å². The van der Waals surface area contributed by atoms with Gasteiger partial charge in [-0.3, -0.25) is 0 Å². The summed E-state index contributed by atoms with van der Waals surface area (Å²) in [4.78, 5) is 0.426. The smallest absolute Gasteiger partial charge is 0.138 e. The Kier molecular flexibility index (Phi) is 2.50. The maximum Gasteiger partial charge on any atom is 0.138 e. The maximum atomic E-state index is 12.9. The molecule has 1 rings (SSSR count). The van der Waals surface area contributed by atoms with Gasteiger partial charge in [0.15, 0.2) is 0 Å². The molecule has 0 unspecified atom stereocenters. The summed E-state index contributed by atoms with van der Waals surface area (Å²) in [5.74, 6) is -0.323. The van der Waals surface area contributed by atoms with E-state index in [4.69, 9.17) is 5.26 Å². The first-order valence-corrected chi connectivity index (χ1v) is 4.24. The Morgan fingerprint density at radius 2 is 2.27 bits per heavy atom. The molecule has 0 aliphatic heterocycles. The first-order valence-electron chi connectivity index (χ1n) is 3.02. The van der Waals surface area contributed by atoms with Gasteiger partial charge in [-0.15, -0.1) is 11.8 Å². The van der Waals surface area contributed by atoms with E-state index in [-0.39, 0.29) is 5.82 Å². The fraction of sp³-hybridized carbons (Fsp3) is 0.125. The molecule has 0 spiro atoms. The van der Waals surface area contributed by atoms with Crippen LogP contribution in [-0.2, 0) is 0 Å². The van der Waals surface area contributed by atoms with Crippen molar-refractivity contribution in [3.05, 3.63) is 29.6 Å². The van der Waals surface area contributed by atoms with Gasteiger partial charge in [0.2, 0.25) is 0 Å². The second kappa shape index (κ2) is 3.40. The summed E-state index contributed by atoms with van der Waals surface area (Å²) in [7, 11) is 0. The van der Waals surface area contributed by atoms with Gasteiger partial charge in [0.1, 0.15) is 11.9 Å². The summed E-state index contributed by atoms with van der Waals surface area (Å²) in [6, 6.07) is 6.42. The third kappa shape index (κ3) is 1.52. The average molecular weight is 167 g/mol. The Balaban J connectivity index is 3.27. The van der Waals surface area contributed by atoms with Crippen molar-refractivity contribution in [3.8, 4) is 6.07 Å². The van der Waals surface area contributed by atoms with Crippen molar-refractivity contribution in [1.29, 1.82) is 5.26 Å². The van der Waals surface area contributed by atoms with E-state index >= 15 is 0 Å². The molecule has 0 aromatic heterocycles. The quantitative estimate of drug-likeness (QED) is 0.600. The number of nitriles is 1. The van der Waals surface area contributed by atoms with Gasteiger partial charge in [0, 0.05) is 0 Å². The van der Waals surface area contributed by atoms with Crippen LogP contribution in [0.25, 0.3) is 0 Å². The number of halogens is 1. The first kappa shape index (κ1) is 8.09. The van der Waals surface area contributed by atoms with Crippen LogP contribution in [0.2, 0.25) is 0 Å². The van der Waals surface area contributed by atoms with E-state index in [1.807, 2.05) is 6.07 Å². The Labute approximate surface area is 68.8 Å². The van der Waals surface area contributed by atoms with Crippen molar-refractivity contribution in [2.75, 3.05) is 6.26 Å². The Bertz CT molecular complexity index is 303. The summed E-state index contributed by atoms with van der Waals surface area (Å²) in [6.45, 7) is 0. The molecule has 0 fully saturated rings. The minimum atomic E-state index is -0.323. The Hall–Kier alpha value is -1.01. The molecule has 0 saturated carbocycles. The second-order valence-electron chi connectivity index (χ2n) is 1.93. The molecule has 56 valence electrons. The lowest BCUT2D eigenvalue weighted by Crippen LogP contribution is -1.84. The van der Waals surface area contributed by atoms with Gasteiger partial charge < -0.3 is 0 Å². The van der Waals surface area contributed by atoms with Crippen LogP contribution in [-0.4, -0.2) is 6.26 Å². The molecule has 1 aromatic carbocycles. The SMILES string of the molecule is CSc1c(F)cccc1C#N. The average Bonchev–Trinajstić information content (AvgIpc) is 2.04. The molecule has 0 amide bonds. The van der Waals surface area contributed by atoms with Gasteiger partial charge in [0.05, 0.1) is 10.5 Å². The molecule has 3 heteroatoms. The summed E-state index contributed by atoms with van der Waals surface area (Å²) < 4.78 is 12.9. The van der Waals surface area contributed by atoms with Gasteiger partial charge in [-0.25, -0.2) is 4.39 Å². The number of benzene rings is 1. The van der Waals surface area contributed by atoms with Crippen molar-refractivity contribution < 1.29 is 4.39 Å². The molecule has 0 bridgehead atoms. The molecule has 0 atom stereocenters. The number of hydrogen-bond donors (Lipinski definition) is 0. The molecular weight excluding hydrogens is 161 g/mol. The van der Waals surface area contributed by atoms with Gasteiger partial charge >= 0.3 is 0 Å². The standard InChI is InChI=1S/C8H6FNS/c1-11-8-6(5-10)3-2-4-7(8)9/h2-4H,1H3. The highest BCUT2D eigenvalue weighted by Gasteiger charge is 2.04. The third-order valence-electron chi connectivity index (χ3n) is 1.29. The normalized spacial score (nSPS) is 9.18. The molecule has 0 heterocycles. The molecule has 1 aromatic rings. The molecule has 0 aliphatic carbocycles. The van der Waals surface area contributed by atoms with E-state index in [9.17, 15) is 4.39 Å². The molecule has 1 nitrogen and oxygen atoms in total. The van der Waals surface area contributed by atoms with E-state index in [0.29, 0.717) is 10.5 Å². The molecule has 0 aliphatic rings. The zero-order valence-corrected chi connectivity index (χ0v) is 6.78. The fourth-order valence-corrected chi connectivity index (χ4v) is 1.40.